The van der Waals surface area contributed by atoms with Crippen LogP contribution in [-0.4, -0.2) is 25.0 Å². The second kappa shape index (κ2) is 8.75. The van der Waals surface area contributed by atoms with E-state index in [0.29, 0.717) is 18.5 Å². The molecular weight excluding hydrogens is 248 g/mol. The highest BCUT2D eigenvalue weighted by Crippen LogP contribution is 2.26. The summed E-state index contributed by atoms with van der Waals surface area (Å²) in [5.41, 5.74) is 1.11. The van der Waals surface area contributed by atoms with E-state index in [0.717, 1.165) is 18.5 Å². The molecule has 112 valence electrons. The Hall–Kier alpha value is -1.35. The molecule has 1 aromatic rings. The largest absolute Gasteiger partial charge is 0.354 e. The highest BCUT2D eigenvalue weighted by atomic mass is 16.1. The van der Waals surface area contributed by atoms with E-state index in [1.165, 1.54) is 0 Å². The van der Waals surface area contributed by atoms with Gasteiger partial charge in [-0.1, -0.05) is 64.4 Å². The summed E-state index contributed by atoms with van der Waals surface area (Å²) in [5, 5.41) is 6.36. The first-order chi connectivity index (χ1) is 9.56. The molecule has 1 amide bonds. The Labute approximate surface area is 123 Å². The Morgan fingerprint density at radius 1 is 1.10 bits per heavy atom. The second-order valence-corrected chi connectivity index (χ2v) is 5.67. The maximum atomic E-state index is 12.4. The third-order valence-electron chi connectivity index (χ3n) is 3.63. The van der Waals surface area contributed by atoms with Crippen LogP contribution in [0.15, 0.2) is 30.3 Å². The van der Waals surface area contributed by atoms with E-state index in [9.17, 15) is 4.79 Å². The fourth-order valence-electron chi connectivity index (χ4n) is 2.29. The van der Waals surface area contributed by atoms with Gasteiger partial charge in [0.1, 0.15) is 0 Å². The number of hydrogen-bond acceptors (Lipinski definition) is 2. The van der Waals surface area contributed by atoms with E-state index >= 15 is 0 Å². The Morgan fingerprint density at radius 3 is 2.30 bits per heavy atom. The molecule has 20 heavy (non-hydrogen) atoms. The SMILES string of the molecule is CCC(C)C(C(=O)NCCNC(C)C)c1ccccc1. The molecule has 2 unspecified atom stereocenters. The van der Waals surface area contributed by atoms with Crippen LogP contribution in [0.3, 0.4) is 0 Å². The maximum Gasteiger partial charge on any atom is 0.227 e. The van der Waals surface area contributed by atoms with Crippen LogP contribution >= 0.6 is 0 Å². The van der Waals surface area contributed by atoms with Crippen molar-refractivity contribution in [1.29, 1.82) is 0 Å². The predicted molar refractivity (Wildman–Crippen MR) is 84.8 cm³/mol. The van der Waals surface area contributed by atoms with Crippen LogP contribution in [0.2, 0.25) is 0 Å². The lowest BCUT2D eigenvalue weighted by Gasteiger charge is -2.23. The lowest BCUT2D eigenvalue weighted by molar-refractivity contribution is -0.123. The van der Waals surface area contributed by atoms with Crippen LogP contribution in [0.25, 0.3) is 0 Å². The number of amides is 1. The number of hydrogen-bond donors (Lipinski definition) is 2. The minimum atomic E-state index is -0.0553. The van der Waals surface area contributed by atoms with Crippen LogP contribution in [0.5, 0.6) is 0 Å². The summed E-state index contributed by atoms with van der Waals surface area (Å²) in [6.07, 6.45) is 0.997. The number of benzene rings is 1. The molecule has 3 nitrogen and oxygen atoms in total. The molecule has 0 fully saturated rings. The molecule has 1 rings (SSSR count). The summed E-state index contributed by atoms with van der Waals surface area (Å²) in [6.45, 7) is 9.97. The van der Waals surface area contributed by atoms with Crippen molar-refractivity contribution in [1.82, 2.24) is 10.6 Å². The molecule has 2 N–H and O–H groups in total. The van der Waals surface area contributed by atoms with E-state index in [2.05, 4.69) is 38.3 Å². The number of carbonyl (C=O) groups is 1. The molecule has 2 atom stereocenters. The van der Waals surface area contributed by atoms with Crippen molar-refractivity contribution in [3.63, 3.8) is 0 Å². The lowest BCUT2D eigenvalue weighted by Crippen LogP contribution is -2.38. The van der Waals surface area contributed by atoms with Gasteiger partial charge in [-0.25, -0.2) is 0 Å². The van der Waals surface area contributed by atoms with Gasteiger partial charge in [0, 0.05) is 19.1 Å². The molecule has 0 aromatic heterocycles. The van der Waals surface area contributed by atoms with Crippen molar-refractivity contribution in [2.75, 3.05) is 13.1 Å². The van der Waals surface area contributed by atoms with E-state index in [1.54, 1.807) is 0 Å². The minimum absolute atomic E-state index is 0.0553. The molecule has 0 aliphatic heterocycles. The minimum Gasteiger partial charge on any atom is -0.354 e. The van der Waals surface area contributed by atoms with Crippen molar-refractivity contribution >= 4 is 5.91 Å². The summed E-state index contributed by atoms with van der Waals surface area (Å²) in [6, 6.07) is 10.5. The molecule has 0 radical (unpaired) electrons. The molecule has 0 aliphatic carbocycles. The number of carbonyl (C=O) groups excluding carboxylic acids is 1. The quantitative estimate of drug-likeness (QED) is 0.717. The summed E-state index contributed by atoms with van der Waals surface area (Å²) in [7, 11) is 0. The monoisotopic (exact) mass is 276 g/mol. The first-order valence-corrected chi connectivity index (χ1v) is 7.62. The molecule has 3 heteroatoms. The second-order valence-electron chi connectivity index (χ2n) is 5.67. The molecule has 0 bridgehead atoms. The zero-order valence-electron chi connectivity index (χ0n) is 13.1. The third kappa shape index (κ3) is 5.33. The zero-order valence-corrected chi connectivity index (χ0v) is 13.1. The Morgan fingerprint density at radius 2 is 1.75 bits per heavy atom. The first kappa shape index (κ1) is 16.7. The van der Waals surface area contributed by atoms with E-state index in [1.807, 2.05) is 30.3 Å². The molecule has 0 saturated carbocycles. The van der Waals surface area contributed by atoms with E-state index < -0.39 is 0 Å². The summed E-state index contributed by atoms with van der Waals surface area (Å²) >= 11 is 0. The van der Waals surface area contributed by atoms with Crippen LogP contribution in [-0.2, 0) is 4.79 Å². The van der Waals surface area contributed by atoms with Gasteiger partial charge in [-0.05, 0) is 11.5 Å². The average Bonchev–Trinajstić information content (AvgIpc) is 2.44. The molecule has 0 heterocycles. The fourth-order valence-corrected chi connectivity index (χ4v) is 2.29. The molecule has 1 aromatic carbocycles. The third-order valence-corrected chi connectivity index (χ3v) is 3.63. The maximum absolute atomic E-state index is 12.4. The van der Waals surface area contributed by atoms with Gasteiger partial charge < -0.3 is 10.6 Å². The molecular formula is C17H28N2O. The zero-order chi connectivity index (χ0) is 15.0. The van der Waals surface area contributed by atoms with Gasteiger partial charge in [0.25, 0.3) is 0 Å². The Kier molecular flexibility index (Phi) is 7.31. The standard InChI is InChI=1S/C17H28N2O/c1-5-14(4)16(15-9-7-6-8-10-15)17(20)19-12-11-18-13(2)3/h6-10,13-14,16,18H,5,11-12H2,1-4H3,(H,19,20). The van der Waals surface area contributed by atoms with Gasteiger partial charge in [-0.15, -0.1) is 0 Å². The van der Waals surface area contributed by atoms with Crippen molar-refractivity contribution in [3.8, 4) is 0 Å². The van der Waals surface area contributed by atoms with Crippen LogP contribution in [0.4, 0.5) is 0 Å². The highest BCUT2D eigenvalue weighted by molar-refractivity contribution is 5.83. The average molecular weight is 276 g/mol. The summed E-state index contributed by atoms with van der Waals surface area (Å²) in [5.74, 6) is 0.423. The molecule has 0 spiro atoms. The fraction of sp³-hybridized carbons (Fsp3) is 0.588. The van der Waals surface area contributed by atoms with Gasteiger partial charge in [-0.2, -0.15) is 0 Å². The van der Waals surface area contributed by atoms with Gasteiger partial charge in [0.15, 0.2) is 0 Å². The van der Waals surface area contributed by atoms with E-state index in [4.69, 9.17) is 0 Å². The Bertz CT molecular complexity index is 389. The van der Waals surface area contributed by atoms with Crippen molar-refractivity contribution in [2.45, 2.75) is 46.1 Å². The number of nitrogens with one attached hydrogen (secondary N) is 2. The molecule has 0 aliphatic rings. The predicted octanol–water partition coefficient (Wildman–Crippen LogP) is 2.93. The lowest BCUT2D eigenvalue weighted by atomic mass is 9.85. The Balaban J connectivity index is 2.62. The highest BCUT2D eigenvalue weighted by Gasteiger charge is 2.25. The summed E-state index contributed by atoms with van der Waals surface area (Å²) < 4.78 is 0. The van der Waals surface area contributed by atoms with Crippen molar-refractivity contribution in [3.05, 3.63) is 35.9 Å². The van der Waals surface area contributed by atoms with Gasteiger partial charge in [0.05, 0.1) is 5.92 Å². The number of rotatable bonds is 8. The first-order valence-electron chi connectivity index (χ1n) is 7.62. The van der Waals surface area contributed by atoms with Crippen LogP contribution < -0.4 is 10.6 Å². The van der Waals surface area contributed by atoms with Gasteiger partial charge >= 0.3 is 0 Å². The normalized spacial score (nSPS) is 14.1. The van der Waals surface area contributed by atoms with Gasteiger partial charge in [0.2, 0.25) is 5.91 Å². The smallest absolute Gasteiger partial charge is 0.227 e. The topological polar surface area (TPSA) is 41.1 Å². The van der Waals surface area contributed by atoms with E-state index in [-0.39, 0.29) is 11.8 Å². The van der Waals surface area contributed by atoms with Gasteiger partial charge in [-0.3, -0.25) is 4.79 Å². The van der Waals surface area contributed by atoms with Crippen LogP contribution in [0.1, 0.15) is 45.6 Å². The van der Waals surface area contributed by atoms with Crippen molar-refractivity contribution in [2.24, 2.45) is 5.92 Å². The molecule has 0 saturated heterocycles. The van der Waals surface area contributed by atoms with Crippen LogP contribution in [0, 0.1) is 5.92 Å². The van der Waals surface area contributed by atoms with Crippen molar-refractivity contribution < 1.29 is 4.79 Å². The summed E-state index contributed by atoms with van der Waals surface area (Å²) in [4.78, 5) is 12.4.